The van der Waals surface area contributed by atoms with Crippen molar-refractivity contribution < 1.29 is 5.11 Å². The third kappa shape index (κ3) is 3.19. The van der Waals surface area contributed by atoms with E-state index < -0.39 is 0 Å². The Hall–Kier alpha value is -2.79. The van der Waals surface area contributed by atoms with Crippen LogP contribution in [0.1, 0.15) is 11.3 Å². The van der Waals surface area contributed by atoms with Gasteiger partial charge in [-0.05, 0) is 49.4 Å². The van der Waals surface area contributed by atoms with Crippen LogP contribution < -0.4 is 5.56 Å². The Morgan fingerprint density at radius 1 is 1.22 bits per heavy atom. The molecule has 0 saturated heterocycles. The van der Waals surface area contributed by atoms with E-state index in [2.05, 4.69) is 10.1 Å². The van der Waals surface area contributed by atoms with E-state index in [9.17, 15) is 9.90 Å². The average molecular weight is 328 g/mol. The maximum atomic E-state index is 12.5. The minimum absolute atomic E-state index is 0.171. The second-order valence-corrected chi connectivity index (χ2v) is 5.48. The largest absolute Gasteiger partial charge is 0.508 e. The van der Waals surface area contributed by atoms with Gasteiger partial charge in [0.25, 0.3) is 5.56 Å². The van der Waals surface area contributed by atoms with Crippen LogP contribution in [0, 0.1) is 6.92 Å². The standard InChI is InChI=1S/C17H14ClN3O2/c1-11-16(10-19-13-5-7-15(22)8-6-13)17(23)21(20-11)14-4-2-3-12(18)9-14/h2-10,20,22H,1H3. The van der Waals surface area contributed by atoms with E-state index in [1.54, 1.807) is 55.5 Å². The summed E-state index contributed by atoms with van der Waals surface area (Å²) in [7, 11) is 0. The molecule has 5 nitrogen and oxygen atoms in total. The monoisotopic (exact) mass is 327 g/mol. The summed E-state index contributed by atoms with van der Waals surface area (Å²) in [6, 6.07) is 13.5. The molecule has 0 aliphatic carbocycles. The first-order valence-electron chi connectivity index (χ1n) is 6.95. The lowest BCUT2D eigenvalue weighted by Crippen LogP contribution is -2.17. The van der Waals surface area contributed by atoms with Crippen molar-refractivity contribution in [3.05, 3.63) is 75.2 Å². The maximum Gasteiger partial charge on any atom is 0.280 e. The van der Waals surface area contributed by atoms with Crippen LogP contribution in [0.4, 0.5) is 5.69 Å². The van der Waals surface area contributed by atoms with E-state index in [1.165, 1.54) is 10.9 Å². The maximum absolute atomic E-state index is 12.5. The summed E-state index contributed by atoms with van der Waals surface area (Å²) in [5, 5.41) is 12.8. The molecule has 0 radical (unpaired) electrons. The Morgan fingerprint density at radius 2 is 1.96 bits per heavy atom. The summed E-state index contributed by atoms with van der Waals surface area (Å²) < 4.78 is 1.43. The van der Waals surface area contributed by atoms with E-state index in [-0.39, 0.29) is 11.3 Å². The number of aromatic nitrogens is 2. The van der Waals surface area contributed by atoms with Gasteiger partial charge in [-0.1, -0.05) is 17.7 Å². The van der Waals surface area contributed by atoms with Crippen LogP contribution in [-0.2, 0) is 0 Å². The quantitative estimate of drug-likeness (QED) is 0.722. The van der Waals surface area contributed by atoms with Gasteiger partial charge in [0.05, 0.1) is 16.9 Å². The van der Waals surface area contributed by atoms with Gasteiger partial charge in [0, 0.05) is 16.9 Å². The van der Waals surface area contributed by atoms with Crippen LogP contribution in [-0.4, -0.2) is 21.1 Å². The van der Waals surface area contributed by atoms with E-state index >= 15 is 0 Å². The van der Waals surface area contributed by atoms with Crippen molar-refractivity contribution in [2.45, 2.75) is 6.92 Å². The van der Waals surface area contributed by atoms with Crippen LogP contribution in [0.2, 0.25) is 5.02 Å². The van der Waals surface area contributed by atoms with Crippen LogP contribution in [0.3, 0.4) is 0 Å². The molecule has 2 aromatic carbocycles. The van der Waals surface area contributed by atoms with E-state index in [1.807, 2.05) is 0 Å². The average Bonchev–Trinajstić information content (AvgIpc) is 2.82. The molecule has 0 amide bonds. The highest BCUT2D eigenvalue weighted by atomic mass is 35.5. The molecule has 0 atom stereocenters. The Bertz CT molecular complexity index is 924. The van der Waals surface area contributed by atoms with Crippen LogP contribution >= 0.6 is 11.6 Å². The molecule has 3 rings (SSSR count). The fourth-order valence-electron chi connectivity index (χ4n) is 2.19. The van der Waals surface area contributed by atoms with Crippen molar-refractivity contribution in [3.8, 4) is 11.4 Å². The van der Waals surface area contributed by atoms with Gasteiger partial charge >= 0.3 is 0 Å². The Kier molecular flexibility index (Phi) is 4.04. The fourth-order valence-corrected chi connectivity index (χ4v) is 2.37. The predicted molar refractivity (Wildman–Crippen MR) is 91.5 cm³/mol. The minimum Gasteiger partial charge on any atom is -0.508 e. The van der Waals surface area contributed by atoms with Gasteiger partial charge < -0.3 is 5.11 Å². The van der Waals surface area contributed by atoms with Crippen molar-refractivity contribution in [3.63, 3.8) is 0 Å². The summed E-state index contributed by atoms with van der Waals surface area (Å²) in [6.45, 7) is 1.81. The van der Waals surface area contributed by atoms with Crippen LogP contribution in [0.15, 0.2) is 58.3 Å². The highest BCUT2D eigenvalue weighted by Crippen LogP contribution is 2.17. The summed E-state index contributed by atoms with van der Waals surface area (Å²) in [5.74, 6) is 0.171. The fraction of sp³-hybridized carbons (Fsp3) is 0.0588. The number of aliphatic imine (C=N–C) groups is 1. The first-order valence-corrected chi connectivity index (χ1v) is 7.33. The molecule has 0 unspecified atom stereocenters. The number of aryl methyl sites for hydroxylation is 1. The number of halogens is 1. The molecule has 0 aliphatic heterocycles. The highest BCUT2D eigenvalue weighted by Gasteiger charge is 2.10. The number of rotatable bonds is 3. The predicted octanol–water partition coefficient (Wildman–Crippen LogP) is 3.58. The number of nitrogens with one attached hydrogen (secondary N) is 1. The van der Waals surface area contributed by atoms with Crippen molar-refractivity contribution >= 4 is 23.5 Å². The number of aromatic hydroxyl groups is 1. The number of H-pyrrole nitrogens is 1. The lowest BCUT2D eigenvalue weighted by Gasteiger charge is -2.01. The van der Waals surface area contributed by atoms with E-state index in [0.717, 1.165) is 0 Å². The summed E-state index contributed by atoms with van der Waals surface area (Å²) in [6.07, 6.45) is 1.52. The number of hydrogen-bond donors (Lipinski definition) is 2. The summed E-state index contributed by atoms with van der Waals surface area (Å²) in [5.41, 5.74) is 2.29. The SMILES string of the molecule is Cc1[nH]n(-c2cccc(Cl)c2)c(=O)c1C=Nc1ccc(O)cc1. The molecular formula is C17H14ClN3O2. The Labute approximate surface area is 137 Å². The Morgan fingerprint density at radius 3 is 2.65 bits per heavy atom. The molecule has 2 N–H and O–H groups in total. The molecule has 3 aromatic rings. The number of hydrogen-bond acceptors (Lipinski definition) is 3. The van der Waals surface area contributed by atoms with E-state index in [0.29, 0.717) is 27.7 Å². The zero-order valence-electron chi connectivity index (χ0n) is 12.3. The van der Waals surface area contributed by atoms with Crippen molar-refractivity contribution in [1.29, 1.82) is 0 Å². The minimum atomic E-state index is -0.202. The van der Waals surface area contributed by atoms with Gasteiger partial charge in [0.2, 0.25) is 0 Å². The molecule has 0 bridgehead atoms. The lowest BCUT2D eigenvalue weighted by molar-refractivity contribution is 0.475. The number of benzene rings is 2. The molecule has 0 fully saturated rings. The zero-order valence-corrected chi connectivity index (χ0v) is 13.1. The van der Waals surface area contributed by atoms with Gasteiger partial charge in [-0.15, -0.1) is 0 Å². The van der Waals surface area contributed by atoms with Gasteiger partial charge in [0.15, 0.2) is 0 Å². The molecule has 0 aliphatic rings. The summed E-state index contributed by atoms with van der Waals surface area (Å²) >= 11 is 5.97. The van der Waals surface area contributed by atoms with Gasteiger partial charge in [-0.2, -0.15) is 0 Å². The van der Waals surface area contributed by atoms with Crippen molar-refractivity contribution in [2.24, 2.45) is 4.99 Å². The molecule has 6 heteroatoms. The molecular weight excluding hydrogens is 314 g/mol. The third-order valence-electron chi connectivity index (χ3n) is 3.38. The Balaban J connectivity index is 1.98. The molecule has 0 spiro atoms. The first-order chi connectivity index (χ1) is 11.0. The number of phenolic OH excluding ortho intramolecular Hbond substituents is 1. The highest BCUT2D eigenvalue weighted by molar-refractivity contribution is 6.30. The van der Waals surface area contributed by atoms with Crippen molar-refractivity contribution in [2.75, 3.05) is 0 Å². The number of nitrogens with zero attached hydrogens (tertiary/aromatic N) is 2. The molecule has 1 heterocycles. The zero-order chi connectivity index (χ0) is 16.4. The topological polar surface area (TPSA) is 70.4 Å². The molecule has 23 heavy (non-hydrogen) atoms. The second-order valence-electron chi connectivity index (χ2n) is 5.05. The number of aromatic amines is 1. The van der Waals surface area contributed by atoms with Crippen molar-refractivity contribution in [1.82, 2.24) is 9.78 Å². The number of phenols is 1. The van der Waals surface area contributed by atoms with E-state index in [4.69, 9.17) is 11.6 Å². The summed E-state index contributed by atoms with van der Waals surface area (Å²) in [4.78, 5) is 16.8. The van der Waals surface area contributed by atoms with Gasteiger partial charge in [-0.25, -0.2) is 4.68 Å². The third-order valence-corrected chi connectivity index (χ3v) is 3.61. The molecule has 1 aromatic heterocycles. The van der Waals surface area contributed by atoms with Gasteiger partial charge in [0.1, 0.15) is 5.75 Å². The smallest absolute Gasteiger partial charge is 0.280 e. The lowest BCUT2D eigenvalue weighted by atomic mass is 10.2. The van der Waals surface area contributed by atoms with Crippen LogP contribution in [0.25, 0.3) is 5.69 Å². The first kappa shape index (κ1) is 15.1. The van der Waals surface area contributed by atoms with Gasteiger partial charge in [-0.3, -0.25) is 14.9 Å². The normalized spacial score (nSPS) is 11.2. The second kappa shape index (κ2) is 6.14. The molecule has 116 valence electrons. The van der Waals surface area contributed by atoms with Crippen LogP contribution in [0.5, 0.6) is 5.75 Å². The molecule has 0 saturated carbocycles.